The van der Waals surface area contributed by atoms with Gasteiger partial charge in [0, 0.05) is 23.4 Å². The molecule has 6 heteroatoms. The summed E-state index contributed by atoms with van der Waals surface area (Å²) in [5, 5.41) is 0. The first-order chi connectivity index (χ1) is 9.39. The maximum atomic E-state index is 11.4. The Hall–Kier alpha value is -1.27. The Balaban J connectivity index is 2.66. The summed E-state index contributed by atoms with van der Waals surface area (Å²) in [6.45, 7) is 3.86. The van der Waals surface area contributed by atoms with Crippen molar-refractivity contribution in [2.75, 3.05) is 25.2 Å². The van der Waals surface area contributed by atoms with E-state index in [0.29, 0.717) is 24.5 Å². The minimum atomic E-state index is -2.94. The predicted octanol–water partition coefficient (Wildman–Crippen LogP) is 1.92. The number of sulfone groups is 1. The minimum absolute atomic E-state index is 0.140. The lowest BCUT2D eigenvalue weighted by Gasteiger charge is -2.15. The number of nitrogens with two attached hydrogens (primary N) is 1. The lowest BCUT2D eigenvalue weighted by molar-refractivity contribution is 0.310. The molecular formula is C14H23NO4S. The van der Waals surface area contributed by atoms with Gasteiger partial charge in [-0.2, -0.15) is 0 Å². The molecule has 1 atom stereocenters. The second-order valence-corrected chi connectivity index (χ2v) is 7.10. The van der Waals surface area contributed by atoms with Crippen molar-refractivity contribution in [1.82, 2.24) is 0 Å². The van der Waals surface area contributed by atoms with Crippen LogP contribution in [0, 0.1) is 0 Å². The number of hydrogen-bond donors (Lipinski definition) is 1. The zero-order valence-corrected chi connectivity index (χ0v) is 13.1. The molecule has 0 spiro atoms. The summed E-state index contributed by atoms with van der Waals surface area (Å²) in [5.74, 6) is 1.64. The molecule has 0 bridgehead atoms. The molecule has 0 aliphatic carbocycles. The molecule has 0 heterocycles. The molecule has 0 saturated carbocycles. The fraction of sp³-hybridized carbons (Fsp3) is 0.571. The zero-order valence-electron chi connectivity index (χ0n) is 12.3. The molecule has 5 nitrogen and oxygen atoms in total. The molecule has 114 valence electrons. The van der Waals surface area contributed by atoms with Crippen LogP contribution in [-0.4, -0.2) is 33.6 Å². The van der Waals surface area contributed by atoms with Crippen LogP contribution in [0.25, 0.3) is 0 Å². The Bertz CT molecular complexity index is 526. The van der Waals surface area contributed by atoms with Gasteiger partial charge in [0.15, 0.2) is 0 Å². The van der Waals surface area contributed by atoms with Gasteiger partial charge < -0.3 is 15.2 Å². The molecule has 2 N–H and O–H groups in total. The van der Waals surface area contributed by atoms with E-state index in [9.17, 15) is 8.42 Å². The van der Waals surface area contributed by atoms with E-state index in [1.54, 1.807) is 20.1 Å². The van der Waals surface area contributed by atoms with Crippen LogP contribution >= 0.6 is 0 Å². The smallest absolute Gasteiger partial charge is 0.150 e. The van der Waals surface area contributed by atoms with E-state index in [0.717, 1.165) is 5.56 Å². The van der Waals surface area contributed by atoms with E-state index in [4.69, 9.17) is 15.2 Å². The first kappa shape index (κ1) is 16.8. The third-order valence-corrected chi connectivity index (χ3v) is 4.80. The molecule has 1 aromatic carbocycles. The molecule has 0 unspecified atom stereocenters. The summed E-state index contributed by atoms with van der Waals surface area (Å²) in [7, 11) is -1.36. The number of benzene rings is 1. The summed E-state index contributed by atoms with van der Waals surface area (Å²) < 4.78 is 33.6. The predicted molar refractivity (Wildman–Crippen MR) is 80.0 cm³/mol. The molecule has 1 aromatic rings. The van der Waals surface area contributed by atoms with E-state index in [1.807, 2.05) is 19.1 Å². The van der Waals surface area contributed by atoms with Crippen molar-refractivity contribution < 1.29 is 17.9 Å². The van der Waals surface area contributed by atoms with E-state index >= 15 is 0 Å². The van der Waals surface area contributed by atoms with Crippen LogP contribution in [0.15, 0.2) is 18.2 Å². The van der Waals surface area contributed by atoms with Gasteiger partial charge in [0.2, 0.25) is 0 Å². The molecule has 0 fully saturated rings. The standard InChI is InChI=1S/C14H23NO4S/c1-4-20(16,17)9-5-8-19-14-10-12(18-3)6-7-13(14)11(2)15/h6-7,10-11H,4-5,8-9,15H2,1-3H3/t11-/m1/s1. The van der Waals surface area contributed by atoms with Crippen LogP contribution in [0.1, 0.15) is 31.9 Å². The maximum absolute atomic E-state index is 11.4. The Morgan fingerprint density at radius 1 is 1.35 bits per heavy atom. The van der Waals surface area contributed by atoms with E-state index < -0.39 is 9.84 Å². The van der Waals surface area contributed by atoms with Crippen molar-refractivity contribution in [2.24, 2.45) is 5.73 Å². The zero-order chi connectivity index (χ0) is 15.2. The van der Waals surface area contributed by atoms with Gasteiger partial charge in [-0.15, -0.1) is 0 Å². The molecular weight excluding hydrogens is 278 g/mol. The van der Waals surface area contributed by atoms with Crippen LogP contribution in [0.3, 0.4) is 0 Å². The Labute approximate surface area is 121 Å². The maximum Gasteiger partial charge on any atom is 0.150 e. The number of methoxy groups -OCH3 is 1. The van der Waals surface area contributed by atoms with Crippen molar-refractivity contribution in [3.63, 3.8) is 0 Å². The van der Waals surface area contributed by atoms with E-state index in [-0.39, 0.29) is 17.5 Å². The van der Waals surface area contributed by atoms with Crippen molar-refractivity contribution in [1.29, 1.82) is 0 Å². The van der Waals surface area contributed by atoms with Gasteiger partial charge in [0.05, 0.1) is 19.5 Å². The highest BCUT2D eigenvalue weighted by Gasteiger charge is 2.11. The quantitative estimate of drug-likeness (QED) is 0.742. The fourth-order valence-electron chi connectivity index (χ4n) is 1.75. The highest BCUT2D eigenvalue weighted by atomic mass is 32.2. The van der Waals surface area contributed by atoms with E-state index in [2.05, 4.69) is 0 Å². The van der Waals surface area contributed by atoms with Gasteiger partial charge in [-0.3, -0.25) is 0 Å². The lowest BCUT2D eigenvalue weighted by Crippen LogP contribution is -2.13. The summed E-state index contributed by atoms with van der Waals surface area (Å²) >= 11 is 0. The largest absolute Gasteiger partial charge is 0.497 e. The average molecular weight is 301 g/mol. The molecule has 1 rings (SSSR count). The number of ether oxygens (including phenoxy) is 2. The third kappa shape index (κ3) is 5.02. The number of rotatable bonds is 8. The van der Waals surface area contributed by atoms with Gasteiger partial charge in [0.1, 0.15) is 21.3 Å². The molecule has 0 saturated heterocycles. The lowest BCUT2D eigenvalue weighted by atomic mass is 10.1. The van der Waals surface area contributed by atoms with Crippen molar-refractivity contribution >= 4 is 9.84 Å². The van der Waals surface area contributed by atoms with Gasteiger partial charge in [-0.1, -0.05) is 13.0 Å². The second kappa shape index (κ2) is 7.50. The van der Waals surface area contributed by atoms with Gasteiger partial charge in [0.25, 0.3) is 0 Å². The Kier molecular flexibility index (Phi) is 6.29. The highest BCUT2D eigenvalue weighted by molar-refractivity contribution is 7.91. The van der Waals surface area contributed by atoms with E-state index in [1.165, 1.54) is 0 Å². The minimum Gasteiger partial charge on any atom is -0.497 e. The topological polar surface area (TPSA) is 78.6 Å². The molecule has 0 radical (unpaired) electrons. The molecule has 0 aliphatic rings. The van der Waals surface area contributed by atoms with Crippen molar-refractivity contribution in [2.45, 2.75) is 26.3 Å². The van der Waals surface area contributed by atoms with Gasteiger partial charge >= 0.3 is 0 Å². The summed E-state index contributed by atoms with van der Waals surface area (Å²) in [4.78, 5) is 0. The Morgan fingerprint density at radius 2 is 2.05 bits per heavy atom. The first-order valence-electron chi connectivity index (χ1n) is 6.66. The first-order valence-corrected chi connectivity index (χ1v) is 8.48. The summed E-state index contributed by atoms with van der Waals surface area (Å²) in [6, 6.07) is 5.30. The van der Waals surface area contributed by atoms with Crippen molar-refractivity contribution in [3.05, 3.63) is 23.8 Å². The third-order valence-electron chi connectivity index (χ3n) is 3.01. The Morgan fingerprint density at radius 3 is 2.60 bits per heavy atom. The molecule has 0 amide bonds. The highest BCUT2D eigenvalue weighted by Crippen LogP contribution is 2.28. The van der Waals surface area contributed by atoms with Crippen LogP contribution in [0.5, 0.6) is 11.5 Å². The fourth-order valence-corrected chi connectivity index (χ4v) is 2.59. The van der Waals surface area contributed by atoms with Crippen LogP contribution < -0.4 is 15.2 Å². The van der Waals surface area contributed by atoms with Gasteiger partial charge in [-0.05, 0) is 19.4 Å². The summed E-state index contributed by atoms with van der Waals surface area (Å²) in [6.07, 6.45) is 0.464. The SMILES string of the molecule is CCS(=O)(=O)CCCOc1cc(OC)ccc1[C@@H](C)N. The molecule has 0 aromatic heterocycles. The van der Waals surface area contributed by atoms with Crippen LogP contribution in [0.2, 0.25) is 0 Å². The second-order valence-electron chi connectivity index (χ2n) is 4.63. The average Bonchev–Trinajstić information content (AvgIpc) is 2.43. The normalized spacial score (nSPS) is 13.0. The molecule has 0 aliphatic heterocycles. The monoisotopic (exact) mass is 301 g/mol. The van der Waals surface area contributed by atoms with Gasteiger partial charge in [-0.25, -0.2) is 8.42 Å². The summed E-state index contributed by atoms with van der Waals surface area (Å²) in [5.41, 5.74) is 6.76. The number of hydrogen-bond acceptors (Lipinski definition) is 5. The molecule has 20 heavy (non-hydrogen) atoms. The van der Waals surface area contributed by atoms with Crippen LogP contribution in [-0.2, 0) is 9.84 Å². The van der Waals surface area contributed by atoms with Crippen LogP contribution in [0.4, 0.5) is 0 Å². The van der Waals surface area contributed by atoms with Crippen molar-refractivity contribution in [3.8, 4) is 11.5 Å².